The molecule has 0 fully saturated rings. The molecule has 8 rings (SSSR count). The lowest BCUT2D eigenvalue weighted by molar-refractivity contribution is 0.0655. The van der Waals surface area contributed by atoms with Crippen LogP contribution in [0.3, 0.4) is 0 Å². The monoisotopic (exact) mass is 696 g/mol. The van der Waals surface area contributed by atoms with Crippen molar-refractivity contribution >= 4 is 46.4 Å². The number of fused-ring (bicyclic) bond motifs is 2. The average molecular weight is 698 g/mol. The van der Waals surface area contributed by atoms with E-state index in [2.05, 4.69) is 21.4 Å². The maximum Gasteiger partial charge on any atom is 0.264 e. The quantitative estimate of drug-likeness (QED) is 0.185. The topological polar surface area (TPSA) is 50.5 Å². The van der Waals surface area contributed by atoms with E-state index in [0.717, 1.165) is 33.9 Å². The third-order valence-corrected chi connectivity index (χ3v) is 10.1. The van der Waals surface area contributed by atoms with Crippen LogP contribution in [0.2, 0.25) is 10.0 Å². The average Bonchev–Trinajstić information content (AvgIpc) is 3.90. The Morgan fingerprint density at radius 3 is 1.71 bits per heavy atom. The predicted molar refractivity (Wildman–Crippen MR) is 188 cm³/mol. The van der Waals surface area contributed by atoms with Crippen LogP contribution in [-0.4, -0.2) is 43.8 Å². The van der Waals surface area contributed by atoms with E-state index in [4.69, 9.17) is 23.2 Å². The van der Waals surface area contributed by atoms with E-state index in [1.165, 1.54) is 23.5 Å². The van der Waals surface area contributed by atoms with Crippen molar-refractivity contribution in [2.24, 2.45) is 0 Å². The molecule has 0 bridgehead atoms. The zero-order valence-corrected chi connectivity index (χ0v) is 28.1. The highest BCUT2D eigenvalue weighted by Gasteiger charge is 2.34. The van der Waals surface area contributed by atoms with Crippen LogP contribution in [0, 0.1) is 5.82 Å². The van der Waals surface area contributed by atoms with E-state index >= 15 is 0 Å². The van der Waals surface area contributed by atoms with Gasteiger partial charge in [-0.2, -0.15) is 0 Å². The van der Waals surface area contributed by atoms with Crippen LogP contribution in [0.5, 0.6) is 0 Å². The highest BCUT2D eigenvalue weighted by atomic mass is 35.5. The fraction of sp³-hybridized carbons (Fsp3) is 0.158. The molecule has 2 unspecified atom stereocenters. The third-order valence-electron chi connectivity index (χ3n) is 8.76. The van der Waals surface area contributed by atoms with Gasteiger partial charge in [0.2, 0.25) is 0 Å². The zero-order valence-electron chi connectivity index (χ0n) is 25.8. The number of nitrogens with zero attached hydrogens (tertiary/aromatic N) is 4. The number of carbonyl (C=O) groups is 2. The number of rotatable bonds is 4. The SMILES string of the molecule is O=C(c1ccccc1F)N1CCn2cccc2C1c1cccc(Cl)c1.O=C(c1cccs1)N1CCn2cccc2C1c1cccc(Cl)c1. The van der Waals surface area contributed by atoms with Crippen molar-refractivity contribution in [1.82, 2.24) is 18.9 Å². The molecular formula is C38H31Cl2FN4O2S. The van der Waals surface area contributed by atoms with E-state index in [0.29, 0.717) is 29.7 Å². The lowest BCUT2D eigenvalue weighted by Crippen LogP contribution is -2.42. The van der Waals surface area contributed by atoms with E-state index < -0.39 is 5.82 Å². The molecule has 0 radical (unpaired) electrons. The van der Waals surface area contributed by atoms with Gasteiger partial charge < -0.3 is 18.9 Å². The van der Waals surface area contributed by atoms with Crippen molar-refractivity contribution in [3.8, 4) is 0 Å². The number of thiophene rings is 1. The van der Waals surface area contributed by atoms with Crippen molar-refractivity contribution in [3.63, 3.8) is 0 Å². The molecule has 6 nitrogen and oxygen atoms in total. The van der Waals surface area contributed by atoms with E-state index in [9.17, 15) is 14.0 Å². The standard InChI is InChI=1S/C20H16ClFN2O.C18H15ClN2OS/c21-15-6-3-5-14(13-15)19-18-9-4-10-23(18)11-12-24(19)20(25)16-7-1-2-8-17(16)22;19-14-5-1-4-13(12-14)17-15-6-2-8-20(15)9-10-21(17)18(22)16-7-3-11-23-16/h1-10,13,19H,11-12H2;1-8,11-12,17H,9-10H2. The predicted octanol–water partition coefficient (Wildman–Crippen LogP) is 8.97. The summed E-state index contributed by atoms with van der Waals surface area (Å²) < 4.78 is 18.5. The Bertz CT molecular complexity index is 2070. The zero-order chi connectivity index (χ0) is 33.2. The molecule has 2 aliphatic rings. The summed E-state index contributed by atoms with van der Waals surface area (Å²) in [7, 11) is 0. The molecule has 2 amide bonds. The summed E-state index contributed by atoms with van der Waals surface area (Å²) in [6, 6.07) is 32.8. The van der Waals surface area contributed by atoms with Crippen LogP contribution in [0.15, 0.2) is 127 Å². The van der Waals surface area contributed by atoms with Gasteiger partial charge in [0.1, 0.15) is 5.82 Å². The van der Waals surface area contributed by atoms with Crippen molar-refractivity contribution in [2.45, 2.75) is 25.2 Å². The molecule has 2 atom stereocenters. The number of hydrogen-bond acceptors (Lipinski definition) is 3. The molecule has 48 heavy (non-hydrogen) atoms. The first-order valence-corrected chi connectivity index (χ1v) is 17.2. The summed E-state index contributed by atoms with van der Waals surface area (Å²) >= 11 is 13.8. The second-order valence-corrected chi connectivity index (χ2v) is 13.4. The maximum atomic E-state index is 14.2. The van der Waals surface area contributed by atoms with Gasteiger partial charge in [-0.15, -0.1) is 11.3 Å². The Kier molecular flexibility index (Phi) is 9.21. The van der Waals surface area contributed by atoms with Gasteiger partial charge in [0, 0.05) is 60.0 Å². The van der Waals surface area contributed by atoms with Crippen molar-refractivity contribution in [1.29, 1.82) is 0 Å². The van der Waals surface area contributed by atoms with Gasteiger partial charge in [-0.25, -0.2) is 4.39 Å². The number of aromatic nitrogens is 2. The Hall–Kier alpha value is -4.63. The minimum absolute atomic E-state index is 0.0809. The molecule has 3 aromatic carbocycles. The lowest BCUT2D eigenvalue weighted by Gasteiger charge is -2.37. The number of hydrogen-bond donors (Lipinski definition) is 0. The van der Waals surface area contributed by atoms with Gasteiger partial charge in [-0.3, -0.25) is 9.59 Å². The minimum Gasteiger partial charge on any atom is -0.348 e. The van der Waals surface area contributed by atoms with E-state index in [1.807, 2.05) is 89.3 Å². The van der Waals surface area contributed by atoms with Gasteiger partial charge in [0.05, 0.1) is 22.5 Å². The van der Waals surface area contributed by atoms with Crippen LogP contribution in [0.4, 0.5) is 4.39 Å². The molecular weight excluding hydrogens is 666 g/mol. The Morgan fingerprint density at radius 1 is 0.625 bits per heavy atom. The summed E-state index contributed by atoms with van der Waals surface area (Å²) in [4.78, 5) is 30.5. The first-order valence-electron chi connectivity index (χ1n) is 15.6. The van der Waals surface area contributed by atoms with Crippen molar-refractivity contribution in [2.75, 3.05) is 13.1 Å². The molecule has 10 heteroatoms. The number of halogens is 3. The Morgan fingerprint density at radius 2 is 1.19 bits per heavy atom. The third kappa shape index (κ3) is 6.31. The number of carbonyl (C=O) groups excluding carboxylic acids is 2. The minimum atomic E-state index is -0.502. The molecule has 6 aromatic rings. The van der Waals surface area contributed by atoms with Crippen LogP contribution >= 0.6 is 34.5 Å². The first kappa shape index (κ1) is 31.9. The summed E-state index contributed by atoms with van der Waals surface area (Å²) in [5.74, 6) is -0.730. The van der Waals surface area contributed by atoms with Crippen LogP contribution < -0.4 is 0 Å². The molecule has 0 N–H and O–H groups in total. The first-order chi connectivity index (χ1) is 23.4. The van der Waals surface area contributed by atoms with Crippen molar-refractivity contribution < 1.29 is 14.0 Å². The Balaban J connectivity index is 0.000000152. The van der Waals surface area contributed by atoms with Crippen molar-refractivity contribution in [3.05, 3.63) is 176 Å². The van der Waals surface area contributed by atoms with Crippen LogP contribution in [0.25, 0.3) is 0 Å². The molecule has 2 aliphatic heterocycles. The molecule has 0 aliphatic carbocycles. The summed E-state index contributed by atoms with van der Waals surface area (Å²) in [6.45, 7) is 2.69. The summed E-state index contributed by atoms with van der Waals surface area (Å²) in [6.07, 6.45) is 4.07. The Labute approximate surface area is 292 Å². The normalized spacial score (nSPS) is 16.8. The molecule has 3 aromatic heterocycles. The fourth-order valence-corrected chi connectivity index (χ4v) is 7.67. The van der Waals surface area contributed by atoms with Gasteiger partial charge in [0.25, 0.3) is 11.8 Å². The summed E-state index contributed by atoms with van der Waals surface area (Å²) in [5.41, 5.74) is 4.18. The molecule has 0 saturated heterocycles. The summed E-state index contributed by atoms with van der Waals surface area (Å²) in [5, 5.41) is 3.24. The second kappa shape index (κ2) is 13.8. The van der Waals surface area contributed by atoms with Gasteiger partial charge in [-0.1, -0.05) is 65.7 Å². The van der Waals surface area contributed by atoms with E-state index in [1.54, 1.807) is 23.1 Å². The van der Waals surface area contributed by atoms with Crippen LogP contribution in [0.1, 0.15) is 54.6 Å². The lowest BCUT2D eigenvalue weighted by atomic mass is 9.99. The highest BCUT2D eigenvalue weighted by Crippen LogP contribution is 2.36. The van der Waals surface area contributed by atoms with Gasteiger partial charge >= 0.3 is 0 Å². The largest absolute Gasteiger partial charge is 0.348 e. The smallest absolute Gasteiger partial charge is 0.264 e. The van der Waals surface area contributed by atoms with Gasteiger partial charge in [0.15, 0.2) is 0 Å². The molecule has 0 spiro atoms. The van der Waals surface area contributed by atoms with E-state index in [-0.39, 0.29) is 29.5 Å². The highest BCUT2D eigenvalue weighted by molar-refractivity contribution is 7.12. The second-order valence-electron chi connectivity index (χ2n) is 11.6. The molecule has 0 saturated carbocycles. The molecule has 242 valence electrons. The maximum absolute atomic E-state index is 14.2. The van der Waals surface area contributed by atoms with Gasteiger partial charge in [-0.05, 0) is 83.2 Å². The number of amides is 2. The van der Waals surface area contributed by atoms with Crippen LogP contribution in [-0.2, 0) is 13.1 Å². The molecule has 5 heterocycles. The number of benzene rings is 3. The fourth-order valence-electron chi connectivity index (χ4n) is 6.59.